The first-order valence-electron chi connectivity index (χ1n) is 5.10. The normalized spacial score (nSPS) is 13.1. The van der Waals surface area contributed by atoms with E-state index in [4.69, 9.17) is 14.0 Å². The highest BCUT2D eigenvalue weighted by molar-refractivity contribution is 6.46. The first kappa shape index (κ1) is 14.6. The highest BCUT2D eigenvalue weighted by atomic mass is 28.3. The molecule has 0 rings (SSSR count). The number of aliphatic carboxylic acids is 1. The molecule has 0 fully saturated rings. The molecule has 0 aliphatic heterocycles. The molecule has 0 radical (unpaired) electrons. The highest BCUT2D eigenvalue weighted by Gasteiger charge is 2.18. The Labute approximate surface area is 92.6 Å². The van der Waals surface area contributed by atoms with Gasteiger partial charge in [0.1, 0.15) is 0 Å². The third-order valence-corrected chi connectivity index (χ3v) is 4.41. The summed E-state index contributed by atoms with van der Waals surface area (Å²) in [7, 11) is 1.84. The van der Waals surface area contributed by atoms with Gasteiger partial charge >= 0.3 is 15.3 Å². The fraction of sp³-hybridized carbons (Fsp3) is 0.889. The molecule has 0 heterocycles. The van der Waals surface area contributed by atoms with Crippen LogP contribution in [0.1, 0.15) is 19.8 Å². The van der Waals surface area contributed by atoms with Crippen molar-refractivity contribution in [2.75, 3.05) is 27.3 Å². The van der Waals surface area contributed by atoms with Crippen molar-refractivity contribution < 1.29 is 18.8 Å². The lowest BCUT2D eigenvalue weighted by Gasteiger charge is -2.18. The van der Waals surface area contributed by atoms with Gasteiger partial charge in [0.15, 0.2) is 0 Å². The van der Waals surface area contributed by atoms with Crippen LogP contribution in [-0.4, -0.2) is 47.7 Å². The first-order valence-corrected chi connectivity index (χ1v) is 6.70. The Morgan fingerprint density at radius 3 is 2.47 bits per heavy atom. The van der Waals surface area contributed by atoms with Crippen LogP contribution in [0.4, 0.5) is 0 Å². The van der Waals surface area contributed by atoms with Crippen molar-refractivity contribution in [2.24, 2.45) is 0 Å². The Balaban J connectivity index is 3.45. The zero-order valence-corrected chi connectivity index (χ0v) is 10.8. The van der Waals surface area contributed by atoms with E-state index in [0.29, 0.717) is 12.1 Å². The van der Waals surface area contributed by atoms with Crippen molar-refractivity contribution in [3.05, 3.63) is 0 Å². The monoisotopic (exact) mass is 235 g/mol. The van der Waals surface area contributed by atoms with Gasteiger partial charge in [-0.2, -0.15) is 0 Å². The summed E-state index contributed by atoms with van der Waals surface area (Å²) in [6.07, 6.45) is 1.13. The Kier molecular flexibility index (Phi) is 8.59. The molecule has 1 unspecified atom stereocenters. The van der Waals surface area contributed by atoms with Crippen molar-refractivity contribution in [2.45, 2.75) is 25.3 Å². The SMILES string of the molecule is CO[SiH](OC)C(C)CCNCCC(=O)O. The molecule has 0 aromatic heterocycles. The molecule has 0 aliphatic rings. The summed E-state index contributed by atoms with van der Waals surface area (Å²) < 4.78 is 10.5. The summed E-state index contributed by atoms with van der Waals surface area (Å²) >= 11 is 0. The van der Waals surface area contributed by atoms with Crippen molar-refractivity contribution in [1.82, 2.24) is 5.32 Å². The third-order valence-electron chi connectivity index (χ3n) is 2.22. The maximum Gasteiger partial charge on any atom is 0.323 e. The molecular formula is C9H21NO4Si. The van der Waals surface area contributed by atoms with Crippen LogP contribution >= 0.6 is 0 Å². The first-order chi connectivity index (χ1) is 7.11. The van der Waals surface area contributed by atoms with E-state index in [1.807, 2.05) is 0 Å². The topological polar surface area (TPSA) is 67.8 Å². The third kappa shape index (κ3) is 7.49. The van der Waals surface area contributed by atoms with Crippen molar-refractivity contribution >= 4 is 15.3 Å². The predicted molar refractivity (Wildman–Crippen MR) is 60.3 cm³/mol. The molecule has 0 spiro atoms. The highest BCUT2D eigenvalue weighted by Crippen LogP contribution is 2.14. The van der Waals surface area contributed by atoms with E-state index in [-0.39, 0.29) is 6.42 Å². The smallest absolute Gasteiger partial charge is 0.323 e. The fourth-order valence-corrected chi connectivity index (χ4v) is 2.91. The van der Waals surface area contributed by atoms with Gasteiger partial charge in [0, 0.05) is 20.8 Å². The number of nitrogens with one attached hydrogen (secondary N) is 1. The van der Waals surface area contributed by atoms with Gasteiger partial charge in [-0.1, -0.05) is 6.92 Å². The van der Waals surface area contributed by atoms with Crippen LogP contribution in [0.25, 0.3) is 0 Å². The fourth-order valence-electron chi connectivity index (χ4n) is 1.35. The second-order valence-corrected chi connectivity index (χ2v) is 6.32. The lowest BCUT2D eigenvalue weighted by atomic mass is 10.3. The lowest BCUT2D eigenvalue weighted by Crippen LogP contribution is -2.28. The van der Waals surface area contributed by atoms with Crippen LogP contribution in [0.5, 0.6) is 0 Å². The van der Waals surface area contributed by atoms with Crippen LogP contribution in [-0.2, 0) is 13.6 Å². The van der Waals surface area contributed by atoms with Crippen LogP contribution < -0.4 is 5.32 Å². The zero-order valence-electron chi connectivity index (χ0n) is 9.66. The summed E-state index contributed by atoms with van der Waals surface area (Å²) in [6.45, 7) is 3.43. The van der Waals surface area contributed by atoms with Gasteiger partial charge in [-0.3, -0.25) is 4.79 Å². The second kappa shape index (κ2) is 8.84. The molecule has 1 atom stereocenters. The van der Waals surface area contributed by atoms with Crippen molar-refractivity contribution in [3.63, 3.8) is 0 Å². The van der Waals surface area contributed by atoms with Crippen LogP contribution in [0.2, 0.25) is 5.54 Å². The second-order valence-electron chi connectivity index (χ2n) is 3.50. The van der Waals surface area contributed by atoms with Gasteiger partial charge in [0.25, 0.3) is 0 Å². The quantitative estimate of drug-likeness (QED) is 0.446. The molecule has 0 amide bonds. The number of hydrogen-bond donors (Lipinski definition) is 2. The largest absolute Gasteiger partial charge is 0.481 e. The van der Waals surface area contributed by atoms with Gasteiger partial charge in [-0.05, 0) is 18.5 Å². The Morgan fingerprint density at radius 1 is 1.40 bits per heavy atom. The lowest BCUT2D eigenvalue weighted by molar-refractivity contribution is -0.136. The number of rotatable bonds is 9. The summed E-state index contributed by atoms with van der Waals surface area (Å²) in [6, 6.07) is 0. The molecule has 15 heavy (non-hydrogen) atoms. The van der Waals surface area contributed by atoms with Gasteiger partial charge < -0.3 is 19.3 Å². The molecule has 2 N–H and O–H groups in total. The summed E-state index contributed by atoms with van der Waals surface area (Å²) in [4.78, 5) is 10.2. The molecule has 0 aliphatic carbocycles. The predicted octanol–water partition coefficient (Wildman–Crippen LogP) is 0.344. The molecule has 0 saturated carbocycles. The zero-order chi connectivity index (χ0) is 11.7. The standard InChI is InChI=1S/C9H21NO4Si/c1-8(15(13-2)14-3)4-6-10-7-5-9(11)12/h8,10,15H,4-7H2,1-3H3,(H,11,12). The van der Waals surface area contributed by atoms with Crippen LogP contribution in [0, 0.1) is 0 Å². The van der Waals surface area contributed by atoms with E-state index >= 15 is 0 Å². The number of hydrogen-bond acceptors (Lipinski definition) is 4. The van der Waals surface area contributed by atoms with Crippen molar-refractivity contribution in [1.29, 1.82) is 0 Å². The minimum atomic E-state index is -1.51. The number of carbonyl (C=O) groups is 1. The van der Waals surface area contributed by atoms with Gasteiger partial charge in [-0.25, -0.2) is 0 Å². The Morgan fingerprint density at radius 2 is 2.00 bits per heavy atom. The molecule has 0 saturated heterocycles. The van der Waals surface area contributed by atoms with E-state index in [1.54, 1.807) is 14.2 Å². The molecule has 0 bridgehead atoms. The van der Waals surface area contributed by atoms with E-state index in [2.05, 4.69) is 12.2 Å². The summed E-state index contributed by atoms with van der Waals surface area (Å²) in [5, 5.41) is 11.5. The maximum atomic E-state index is 10.2. The van der Waals surface area contributed by atoms with Crippen LogP contribution in [0.15, 0.2) is 0 Å². The number of carboxylic acid groups (broad SMARTS) is 1. The van der Waals surface area contributed by atoms with Gasteiger partial charge in [0.2, 0.25) is 0 Å². The van der Waals surface area contributed by atoms with Crippen LogP contribution in [0.3, 0.4) is 0 Å². The van der Waals surface area contributed by atoms with E-state index < -0.39 is 15.3 Å². The van der Waals surface area contributed by atoms with E-state index in [1.165, 1.54) is 0 Å². The minimum Gasteiger partial charge on any atom is -0.481 e. The van der Waals surface area contributed by atoms with Gasteiger partial charge in [0.05, 0.1) is 6.42 Å². The molecular weight excluding hydrogens is 214 g/mol. The minimum absolute atomic E-state index is 0.170. The molecule has 0 aromatic carbocycles. The molecule has 0 aromatic rings. The molecule has 5 nitrogen and oxygen atoms in total. The average molecular weight is 235 g/mol. The summed E-state index contributed by atoms with van der Waals surface area (Å²) in [5.74, 6) is -0.767. The molecule has 90 valence electrons. The summed E-state index contributed by atoms with van der Waals surface area (Å²) in [5.41, 5.74) is 0.428. The Bertz CT molecular complexity index is 175. The Hall–Kier alpha value is -0.433. The average Bonchev–Trinajstić information content (AvgIpc) is 2.18. The van der Waals surface area contributed by atoms with Crippen molar-refractivity contribution in [3.8, 4) is 0 Å². The number of carboxylic acids is 1. The molecule has 6 heteroatoms. The van der Waals surface area contributed by atoms with E-state index in [9.17, 15) is 4.79 Å². The van der Waals surface area contributed by atoms with E-state index in [0.717, 1.165) is 13.0 Å². The van der Waals surface area contributed by atoms with Gasteiger partial charge in [-0.15, -0.1) is 0 Å². The maximum absolute atomic E-state index is 10.2.